The Morgan fingerprint density at radius 3 is 2.38 bits per heavy atom. The van der Waals surface area contributed by atoms with Gasteiger partial charge in [-0.2, -0.15) is 5.10 Å². The minimum Gasteiger partial charge on any atom is -0.497 e. The molecular weight excluding hydrogens is 324 g/mol. The van der Waals surface area contributed by atoms with Gasteiger partial charge in [-0.05, 0) is 37.3 Å². The summed E-state index contributed by atoms with van der Waals surface area (Å²) in [7, 11) is 1.65. The topological polar surface area (TPSA) is 58.9 Å². The van der Waals surface area contributed by atoms with Gasteiger partial charge in [0.05, 0.1) is 12.8 Å². The van der Waals surface area contributed by atoms with Gasteiger partial charge in [0.1, 0.15) is 11.5 Å². The van der Waals surface area contributed by atoms with E-state index in [2.05, 4.69) is 34.6 Å². The minimum absolute atomic E-state index is 0.709. The number of hydrogen-bond donors (Lipinski definition) is 1. The van der Waals surface area contributed by atoms with Crippen LogP contribution < -0.4 is 10.2 Å². The average molecular weight is 342 g/mol. The third-order valence-electron chi connectivity index (χ3n) is 4.24. The molecule has 0 bridgehead atoms. The van der Waals surface area contributed by atoms with Crippen LogP contribution in [-0.2, 0) is 0 Å². The van der Waals surface area contributed by atoms with Gasteiger partial charge in [-0.3, -0.25) is 10.4 Å². The van der Waals surface area contributed by atoms with Crippen molar-refractivity contribution in [1.82, 2.24) is 10.4 Å². The zero-order valence-corrected chi connectivity index (χ0v) is 14.6. The van der Waals surface area contributed by atoms with Crippen LogP contribution in [0.3, 0.4) is 0 Å². The SMILES string of the molecule is COc1ccc2c(c1)C(c1ccncc1)=NNC(c1ccc(C)cc1)=N2. The number of amidine groups is 1. The van der Waals surface area contributed by atoms with Crippen molar-refractivity contribution < 1.29 is 4.74 Å². The highest BCUT2D eigenvalue weighted by Crippen LogP contribution is 2.29. The number of ether oxygens (including phenoxy) is 1. The van der Waals surface area contributed by atoms with Gasteiger partial charge < -0.3 is 4.74 Å². The molecule has 2 heterocycles. The molecule has 3 aromatic rings. The van der Waals surface area contributed by atoms with E-state index in [1.54, 1.807) is 19.5 Å². The Balaban J connectivity index is 1.87. The smallest absolute Gasteiger partial charge is 0.154 e. The fourth-order valence-corrected chi connectivity index (χ4v) is 2.81. The van der Waals surface area contributed by atoms with Crippen molar-refractivity contribution in [2.75, 3.05) is 7.11 Å². The van der Waals surface area contributed by atoms with E-state index in [-0.39, 0.29) is 0 Å². The number of methoxy groups -OCH3 is 1. The molecule has 5 heteroatoms. The first-order valence-corrected chi connectivity index (χ1v) is 8.33. The largest absolute Gasteiger partial charge is 0.497 e. The standard InChI is InChI=1S/C21H18N4O/c1-14-3-5-16(6-4-14)21-23-19-8-7-17(26-2)13-18(19)20(24-25-21)15-9-11-22-12-10-15/h3-13H,1-2H3,(H,23,25). The number of hydrazone groups is 1. The summed E-state index contributed by atoms with van der Waals surface area (Å²) in [4.78, 5) is 8.91. The normalized spacial score (nSPS) is 13.0. The van der Waals surface area contributed by atoms with E-state index in [9.17, 15) is 0 Å². The summed E-state index contributed by atoms with van der Waals surface area (Å²) in [5.41, 5.74) is 8.81. The molecule has 0 spiro atoms. The third kappa shape index (κ3) is 3.07. The third-order valence-corrected chi connectivity index (χ3v) is 4.24. The highest BCUT2D eigenvalue weighted by atomic mass is 16.5. The molecule has 128 valence electrons. The molecule has 0 atom stereocenters. The van der Waals surface area contributed by atoms with Gasteiger partial charge in [-0.25, -0.2) is 4.99 Å². The summed E-state index contributed by atoms with van der Waals surface area (Å²) in [5, 5.41) is 4.64. The fraction of sp³-hybridized carbons (Fsp3) is 0.0952. The molecule has 1 aliphatic heterocycles. The second kappa shape index (κ2) is 6.80. The number of aromatic nitrogens is 1. The second-order valence-corrected chi connectivity index (χ2v) is 6.02. The summed E-state index contributed by atoms with van der Waals surface area (Å²) in [6.45, 7) is 2.06. The van der Waals surface area contributed by atoms with E-state index in [1.807, 2.05) is 42.5 Å². The number of aryl methyl sites for hydroxylation is 1. The lowest BCUT2D eigenvalue weighted by molar-refractivity contribution is 0.415. The maximum Gasteiger partial charge on any atom is 0.154 e. The van der Waals surface area contributed by atoms with Crippen molar-refractivity contribution in [3.8, 4) is 5.75 Å². The molecule has 26 heavy (non-hydrogen) atoms. The Morgan fingerprint density at radius 2 is 1.65 bits per heavy atom. The van der Waals surface area contributed by atoms with Gasteiger partial charge in [-0.1, -0.05) is 29.8 Å². The van der Waals surface area contributed by atoms with Crippen molar-refractivity contribution in [2.24, 2.45) is 10.1 Å². The van der Waals surface area contributed by atoms with Gasteiger partial charge in [0.15, 0.2) is 5.84 Å². The van der Waals surface area contributed by atoms with Crippen molar-refractivity contribution >= 4 is 17.2 Å². The number of benzene rings is 2. The van der Waals surface area contributed by atoms with E-state index in [1.165, 1.54) is 5.56 Å². The molecule has 0 radical (unpaired) electrons. The second-order valence-electron chi connectivity index (χ2n) is 6.02. The minimum atomic E-state index is 0.709. The zero-order valence-electron chi connectivity index (χ0n) is 14.6. The molecule has 1 aliphatic rings. The Kier molecular flexibility index (Phi) is 4.19. The average Bonchev–Trinajstić information content (AvgIpc) is 2.88. The van der Waals surface area contributed by atoms with Crippen LogP contribution in [0.2, 0.25) is 0 Å². The molecule has 0 saturated heterocycles. The van der Waals surface area contributed by atoms with E-state index < -0.39 is 0 Å². The lowest BCUT2D eigenvalue weighted by Crippen LogP contribution is -2.19. The predicted octanol–water partition coefficient (Wildman–Crippen LogP) is 3.83. The lowest BCUT2D eigenvalue weighted by atomic mass is 10.0. The summed E-state index contributed by atoms with van der Waals surface area (Å²) in [5.74, 6) is 1.47. The molecule has 2 aromatic carbocycles. The maximum absolute atomic E-state index is 5.39. The molecule has 0 aliphatic carbocycles. The van der Waals surface area contributed by atoms with Gasteiger partial charge in [0, 0.05) is 29.1 Å². The molecule has 5 nitrogen and oxygen atoms in total. The number of nitrogens with one attached hydrogen (secondary N) is 1. The Labute approximate surface area is 152 Å². The molecule has 4 rings (SSSR count). The van der Waals surface area contributed by atoms with Gasteiger partial charge in [0.2, 0.25) is 0 Å². The number of aliphatic imine (C=N–C) groups is 1. The first-order valence-electron chi connectivity index (χ1n) is 8.33. The monoisotopic (exact) mass is 342 g/mol. The number of rotatable bonds is 3. The fourth-order valence-electron chi connectivity index (χ4n) is 2.81. The quantitative estimate of drug-likeness (QED) is 0.787. The van der Waals surface area contributed by atoms with Crippen LogP contribution in [-0.4, -0.2) is 23.6 Å². The maximum atomic E-state index is 5.39. The summed E-state index contributed by atoms with van der Waals surface area (Å²) in [6.07, 6.45) is 3.51. The van der Waals surface area contributed by atoms with Crippen LogP contribution in [0.5, 0.6) is 5.75 Å². The summed E-state index contributed by atoms with van der Waals surface area (Å²) >= 11 is 0. The van der Waals surface area contributed by atoms with Crippen LogP contribution in [0.4, 0.5) is 5.69 Å². The van der Waals surface area contributed by atoms with Gasteiger partial charge in [0.25, 0.3) is 0 Å². The highest BCUT2D eigenvalue weighted by Gasteiger charge is 2.18. The Hall–Kier alpha value is -3.47. The Morgan fingerprint density at radius 1 is 0.885 bits per heavy atom. The van der Waals surface area contributed by atoms with Gasteiger partial charge in [-0.15, -0.1) is 0 Å². The summed E-state index contributed by atoms with van der Waals surface area (Å²) in [6, 6.07) is 17.9. The number of hydrogen-bond acceptors (Lipinski definition) is 5. The Bertz CT molecular complexity index is 992. The zero-order chi connectivity index (χ0) is 17.9. The van der Waals surface area contributed by atoms with Crippen molar-refractivity contribution in [2.45, 2.75) is 6.92 Å². The molecule has 0 unspecified atom stereocenters. The van der Waals surface area contributed by atoms with Crippen LogP contribution in [0.25, 0.3) is 0 Å². The first-order chi connectivity index (χ1) is 12.7. The summed E-state index contributed by atoms with van der Waals surface area (Å²) < 4.78 is 5.39. The molecule has 1 N–H and O–H groups in total. The lowest BCUT2D eigenvalue weighted by Gasteiger charge is -2.09. The molecule has 0 fully saturated rings. The van der Waals surface area contributed by atoms with E-state index in [0.29, 0.717) is 5.84 Å². The van der Waals surface area contributed by atoms with Crippen LogP contribution >= 0.6 is 0 Å². The molecular formula is C21H18N4O. The molecule has 0 saturated carbocycles. The van der Waals surface area contributed by atoms with Crippen LogP contribution in [0, 0.1) is 6.92 Å². The van der Waals surface area contributed by atoms with E-state index >= 15 is 0 Å². The van der Waals surface area contributed by atoms with E-state index in [4.69, 9.17) is 9.73 Å². The van der Waals surface area contributed by atoms with Crippen molar-refractivity contribution in [3.63, 3.8) is 0 Å². The van der Waals surface area contributed by atoms with Crippen molar-refractivity contribution in [3.05, 3.63) is 89.2 Å². The molecule has 0 amide bonds. The van der Waals surface area contributed by atoms with E-state index in [0.717, 1.165) is 33.8 Å². The first kappa shape index (κ1) is 16.0. The highest BCUT2D eigenvalue weighted by molar-refractivity contribution is 6.18. The van der Waals surface area contributed by atoms with Gasteiger partial charge >= 0.3 is 0 Å². The number of nitrogens with zero attached hydrogens (tertiary/aromatic N) is 3. The predicted molar refractivity (Wildman–Crippen MR) is 103 cm³/mol. The number of pyridine rings is 1. The van der Waals surface area contributed by atoms with Crippen molar-refractivity contribution in [1.29, 1.82) is 0 Å². The van der Waals surface area contributed by atoms with Crippen LogP contribution in [0.15, 0.2) is 77.1 Å². The molecule has 1 aromatic heterocycles. The van der Waals surface area contributed by atoms with Crippen LogP contribution in [0.1, 0.15) is 22.3 Å². The number of fused-ring (bicyclic) bond motifs is 1.